The molecule has 0 radical (unpaired) electrons. The van der Waals surface area contributed by atoms with Gasteiger partial charge in [0.25, 0.3) is 5.92 Å². The summed E-state index contributed by atoms with van der Waals surface area (Å²) in [6, 6.07) is 14.6. The molecule has 0 saturated carbocycles. The predicted octanol–water partition coefficient (Wildman–Crippen LogP) is 5.63. The summed E-state index contributed by atoms with van der Waals surface area (Å²) in [4.78, 5) is 9.58. The third kappa shape index (κ3) is 5.48. The molecule has 0 unspecified atom stereocenters. The molecule has 216 valence electrons. The molecular formula is C29H27F4N9. The quantitative estimate of drug-likeness (QED) is 0.183. The van der Waals surface area contributed by atoms with Crippen LogP contribution in [0.3, 0.4) is 0 Å². The molecule has 2 aliphatic heterocycles. The first-order valence-electron chi connectivity index (χ1n) is 13.6. The Morgan fingerprint density at radius 3 is 2.48 bits per heavy atom. The Morgan fingerprint density at radius 1 is 1.00 bits per heavy atom. The fraction of sp³-hybridized carbons (Fsp3) is 0.379. The number of halogens is 4. The summed E-state index contributed by atoms with van der Waals surface area (Å²) >= 11 is 0. The molecule has 6 rings (SSSR count). The maximum atomic E-state index is 15.7. The van der Waals surface area contributed by atoms with Crippen LogP contribution in [0.5, 0.6) is 0 Å². The molecule has 2 aliphatic rings. The first-order chi connectivity index (χ1) is 20.2. The lowest BCUT2D eigenvalue weighted by molar-refractivity contribution is 0.0256. The van der Waals surface area contributed by atoms with Crippen LogP contribution < -0.4 is 10.2 Å². The second kappa shape index (κ2) is 10.7. The molecule has 9 nitrogen and oxygen atoms in total. The number of hydrogen-bond donors (Lipinski definition) is 1. The molecule has 0 bridgehead atoms. The van der Waals surface area contributed by atoms with Crippen LogP contribution in [0.4, 0.5) is 29.1 Å². The van der Waals surface area contributed by atoms with Crippen molar-refractivity contribution in [3.05, 3.63) is 71.5 Å². The maximum Gasteiger partial charge on any atom is 0.331 e. The Hall–Kier alpha value is -4.60. The average molecular weight is 578 g/mol. The SMILES string of the molecule is C#CCCC1(CCNc2ccccc2Cn2nnc3c(N4CCC(F)(F)C4)nc(C(F)(F)c4ccccc4)nc32)N=N1. The van der Waals surface area contributed by atoms with Crippen molar-refractivity contribution in [3.8, 4) is 12.3 Å². The Bertz CT molecular complexity index is 1660. The van der Waals surface area contributed by atoms with Gasteiger partial charge in [-0.15, -0.1) is 17.4 Å². The minimum absolute atomic E-state index is 0.0273. The van der Waals surface area contributed by atoms with Gasteiger partial charge >= 0.3 is 5.92 Å². The molecule has 2 aromatic carbocycles. The summed E-state index contributed by atoms with van der Waals surface area (Å²) in [5, 5.41) is 20.1. The molecule has 0 amide bonds. The molecule has 4 heterocycles. The predicted molar refractivity (Wildman–Crippen MR) is 149 cm³/mol. The Morgan fingerprint density at radius 2 is 1.76 bits per heavy atom. The van der Waals surface area contributed by atoms with E-state index in [4.69, 9.17) is 6.42 Å². The van der Waals surface area contributed by atoms with E-state index in [0.29, 0.717) is 25.8 Å². The summed E-state index contributed by atoms with van der Waals surface area (Å²) in [6.07, 6.45) is 6.92. The number of terminal acetylenes is 1. The van der Waals surface area contributed by atoms with Crippen molar-refractivity contribution in [3.63, 3.8) is 0 Å². The molecule has 1 N–H and O–H groups in total. The van der Waals surface area contributed by atoms with Gasteiger partial charge in [0.2, 0.25) is 5.82 Å². The van der Waals surface area contributed by atoms with E-state index in [1.807, 2.05) is 24.3 Å². The van der Waals surface area contributed by atoms with Crippen molar-refractivity contribution in [2.24, 2.45) is 10.2 Å². The van der Waals surface area contributed by atoms with Crippen molar-refractivity contribution < 1.29 is 17.6 Å². The number of hydrogen-bond acceptors (Lipinski definition) is 8. The summed E-state index contributed by atoms with van der Waals surface area (Å²) < 4.78 is 61.1. The maximum absolute atomic E-state index is 15.7. The number of aromatic nitrogens is 5. The van der Waals surface area contributed by atoms with Crippen LogP contribution in [0.2, 0.25) is 0 Å². The summed E-state index contributed by atoms with van der Waals surface area (Å²) in [7, 11) is 0. The average Bonchev–Trinajstić information content (AvgIpc) is 3.49. The number of anilines is 2. The zero-order chi connectivity index (χ0) is 29.4. The van der Waals surface area contributed by atoms with Gasteiger partial charge in [-0.25, -0.2) is 23.4 Å². The van der Waals surface area contributed by atoms with Crippen LogP contribution in [0.1, 0.15) is 42.6 Å². The van der Waals surface area contributed by atoms with Crippen molar-refractivity contribution in [1.82, 2.24) is 25.0 Å². The first-order valence-corrected chi connectivity index (χ1v) is 13.6. The van der Waals surface area contributed by atoms with Crippen LogP contribution in [0.25, 0.3) is 11.2 Å². The second-order valence-corrected chi connectivity index (χ2v) is 10.5. The minimum atomic E-state index is -3.59. The van der Waals surface area contributed by atoms with E-state index >= 15 is 8.78 Å². The Kier molecular flexibility index (Phi) is 7.00. The van der Waals surface area contributed by atoms with E-state index in [0.717, 1.165) is 11.3 Å². The Labute approximate surface area is 239 Å². The van der Waals surface area contributed by atoms with Crippen molar-refractivity contribution >= 4 is 22.7 Å². The summed E-state index contributed by atoms with van der Waals surface area (Å²) in [5.41, 5.74) is 0.965. The summed E-state index contributed by atoms with van der Waals surface area (Å²) in [6.45, 7) is 0.00219. The Balaban J connectivity index is 1.32. The third-order valence-corrected chi connectivity index (χ3v) is 7.46. The molecule has 1 saturated heterocycles. The fourth-order valence-corrected chi connectivity index (χ4v) is 5.06. The lowest BCUT2D eigenvalue weighted by Crippen LogP contribution is -2.28. The van der Waals surface area contributed by atoms with E-state index in [2.05, 4.69) is 41.7 Å². The first kappa shape index (κ1) is 27.6. The van der Waals surface area contributed by atoms with Gasteiger partial charge in [0, 0.05) is 50.0 Å². The van der Waals surface area contributed by atoms with Crippen molar-refractivity contribution in [2.45, 2.75) is 49.7 Å². The van der Waals surface area contributed by atoms with E-state index < -0.39 is 36.3 Å². The lowest BCUT2D eigenvalue weighted by Gasteiger charge is -2.21. The van der Waals surface area contributed by atoms with Crippen LogP contribution in [0, 0.1) is 12.3 Å². The molecule has 4 aromatic rings. The topological polar surface area (TPSA) is 96.5 Å². The molecule has 0 atom stereocenters. The number of alkyl halides is 4. The van der Waals surface area contributed by atoms with E-state index in [9.17, 15) is 8.78 Å². The highest BCUT2D eigenvalue weighted by molar-refractivity contribution is 5.83. The number of benzene rings is 2. The number of rotatable bonds is 11. The fourth-order valence-electron chi connectivity index (χ4n) is 5.06. The van der Waals surface area contributed by atoms with Crippen LogP contribution in [0.15, 0.2) is 64.8 Å². The van der Waals surface area contributed by atoms with E-state index in [1.165, 1.54) is 33.8 Å². The highest BCUT2D eigenvalue weighted by Gasteiger charge is 2.43. The number of fused-ring (bicyclic) bond motifs is 1. The van der Waals surface area contributed by atoms with Crippen LogP contribution in [-0.2, 0) is 12.5 Å². The van der Waals surface area contributed by atoms with Gasteiger partial charge < -0.3 is 10.2 Å². The van der Waals surface area contributed by atoms with Gasteiger partial charge in [0.1, 0.15) is 0 Å². The lowest BCUT2D eigenvalue weighted by atomic mass is 10.0. The monoisotopic (exact) mass is 577 g/mol. The van der Waals surface area contributed by atoms with Crippen LogP contribution in [-0.4, -0.2) is 56.2 Å². The van der Waals surface area contributed by atoms with Gasteiger partial charge in [-0.1, -0.05) is 53.7 Å². The molecule has 42 heavy (non-hydrogen) atoms. The molecular weight excluding hydrogens is 550 g/mol. The molecule has 1 fully saturated rings. The van der Waals surface area contributed by atoms with Gasteiger partial charge in [-0.05, 0) is 11.6 Å². The van der Waals surface area contributed by atoms with Gasteiger partial charge in [-0.2, -0.15) is 19.0 Å². The largest absolute Gasteiger partial charge is 0.385 e. The highest BCUT2D eigenvalue weighted by atomic mass is 19.3. The smallest absolute Gasteiger partial charge is 0.331 e. The zero-order valence-electron chi connectivity index (χ0n) is 22.5. The zero-order valence-corrected chi connectivity index (χ0v) is 22.5. The highest BCUT2D eigenvalue weighted by Crippen LogP contribution is 2.39. The summed E-state index contributed by atoms with van der Waals surface area (Å²) in [5.74, 6) is -4.84. The second-order valence-electron chi connectivity index (χ2n) is 10.5. The van der Waals surface area contributed by atoms with Gasteiger partial charge in [-0.3, -0.25) is 0 Å². The molecule has 13 heteroatoms. The number of nitrogens with zero attached hydrogens (tertiary/aromatic N) is 8. The van der Waals surface area contributed by atoms with Gasteiger partial charge in [0.05, 0.1) is 13.1 Å². The van der Waals surface area contributed by atoms with Crippen molar-refractivity contribution in [1.29, 1.82) is 0 Å². The third-order valence-electron chi connectivity index (χ3n) is 7.46. The molecule has 0 aliphatic carbocycles. The number of nitrogens with one attached hydrogen (secondary N) is 1. The van der Waals surface area contributed by atoms with E-state index in [-0.39, 0.29) is 35.6 Å². The normalized spacial score (nSPS) is 17.0. The molecule has 2 aromatic heterocycles. The van der Waals surface area contributed by atoms with Crippen LogP contribution >= 0.6 is 0 Å². The van der Waals surface area contributed by atoms with Crippen molar-refractivity contribution in [2.75, 3.05) is 29.9 Å². The number of para-hydroxylation sites is 1. The van der Waals surface area contributed by atoms with E-state index in [1.54, 1.807) is 6.07 Å². The molecule has 0 spiro atoms. The minimum Gasteiger partial charge on any atom is -0.385 e. The standard InChI is InChI=1S/C29H27F4N9/c1-2-3-13-28(38-39-28)14-16-34-22-12-8-7-9-20(22)18-42-25-23(37-40-42)24(41-17-15-27(30,31)19-41)35-26(36-25)29(32,33)21-10-5-4-6-11-21/h1,4-12,34H,3,13-19H2. The van der Waals surface area contributed by atoms with Gasteiger partial charge in [0.15, 0.2) is 22.6 Å².